The second-order valence-electron chi connectivity index (χ2n) is 3.89. The molecule has 0 bridgehead atoms. The minimum atomic E-state index is -4.45. The first-order chi connectivity index (χ1) is 7.39. The molecule has 0 spiro atoms. The largest absolute Gasteiger partial charge is 0.416 e. The smallest absolute Gasteiger partial charge is 0.373 e. The predicted octanol–water partition coefficient (Wildman–Crippen LogP) is 3.48. The molecule has 1 nitrogen and oxygen atoms in total. The number of benzene rings is 1. The molecule has 0 amide bonds. The van der Waals surface area contributed by atoms with E-state index in [0.717, 1.165) is 18.2 Å². The van der Waals surface area contributed by atoms with Gasteiger partial charge in [0.2, 0.25) is 0 Å². The van der Waals surface area contributed by atoms with Crippen molar-refractivity contribution < 1.29 is 22.3 Å². The van der Waals surface area contributed by atoms with E-state index < -0.39 is 23.2 Å². The van der Waals surface area contributed by atoms with E-state index in [4.69, 9.17) is 4.74 Å². The molecule has 0 aliphatic heterocycles. The summed E-state index contributed by atoms with van der Waals surface area (Å²) >= 11 is 0. The molecule has 1 aliphatic carbocycles. The number of rotatable bonds is 2. The Labute approximate surface area is 90.0 Å². The molecule has 1 aliphatic rings. The maximum Gasteiger partial charge on any atom is 0.416 e. The Morgan fingerprint density at radius 3 is 2.31 bits per heavy atom. The Kier molecular flexibility index (Phi) is 2.45. The van der Waals surface area contributed by atoms with Gasteiger partial charge in [0.1, 0.15) is 5.82 Å². The second-order valence-corrected chi connectivity index (χ2v) is 3.89. The van der Waals surface area contributed by atoms with Crippen molar-refractivity contribution in [3.05, 3.63) is 35.1 Å². The van der Waals surface area contributed by atoms with E-state index in [0.29, 0.717) is 12.8 Å². The molecule has 2 rings (SSSR count). The summed E-state index contributed by atoms with van der Waals surface area (Å²) in [6, 6.07) is 2.42. The molecule has 0 heterocycles. The van der Waals surface area contributed by atoms with Crippen LogP contribution in [0.1, 0.15) is 24.0 Å². The molecular weight excluding hydrogens is 224 g/mol. The summed E-state index contributed by atoms with van der Waals surface area (Å²) in [6.07, 6.45) is -3.34. The van der Waals surface area contributed by atoms with Crippen LogP contribution in [0.4, 0.5) is 17.6 Å². The highest BCUT2D eigenvalue weighted by Gasteiger charge is 2.47. The predicted molar refractivity (Wildman–Crippen MR) is 49.3 cm³/mol. The zero-order valence-electron chi connectivity index (χ0n) is 8.57. The van der Waals surface area contributed by atoms with E-state index >= 15 is 0 Å². The van der Waals surface area contributed by atoms with Gasteiger partial charge in [0.05, 0.1) is 11.2 Å². The van der Waals surface area contributed by atoms with Crippen LogP contribution >= 0.6 is 0 Å². The van der Waals surface area contributed by atoms with E-state index in [1.165, 1.54) is 7.11 Å². The minimum absolute atomic E-state index is 0.00447. The number of ether oxygens (including phenoxy) is 1. The average Bonchev–Trinajstić information content (AvgIpc) is 2.97. The SMILES string of the molecule is COC1(c2cc(C(F)(F)F)ccc2F)CC1. The first kappa shape index (κ1) is 11.4. The Balaban J connectivity index is 2.46. The Bertz CT molecular complexity index is 407. The molecule has 1 aromatic carbocycles. The first-order valence-electron chi connectivity index (χ1n) is 4.81. The highest BCUT2D eigenvalue weighted by molar-refractivity contribution is 5.34. The minimum Gasteiger partial charge on any atom is -0.373 e. The van der Waals surface area contributed by atoms with Crippen LogP contribution in [0.5, 0.6) is 0 Å². The van der Waals surface area contributed by atoms with Crippen LogP contribution < -0.4 is 0 Å². The monoisotopic (exact) mass is 234 g/mol. The van der Waals surface area contributed by atoms with Crippen molar-refractivity contribution >= 4 is 0 Å². The summed E-state index contributed by atoms with van der Waals surface area (Å²) in [4.78, 5) is 0. The fraction of sp³-hybridized carbons (Fsp3) is 0.455. The number of hydrogen-bond donors (Lipinski definition) is 0. The second kappa shape index (κ2) is 3.45. The van der Waals surface area contributed by atoms with Gasteiger partial charge in [0.25, 0.3) is 0 Å². The highest BCUT2D eigenvalue weighted by atomic mass is 19.4. The molecule has 88 valence electrons. The standard InChI is InChI=1S/C11H10F4O/c1-16-10(4-5-10)8-6-7(11(13,14)15)2-3-9(8)12/h2-3,6H,4-5H2,1H3. The van der Waals surface area contributed by atoms with Crippen molar-refractivity contribution in [1.82, 2.24) is 0 Å². The van der Waals surface area contributed by atoms with Crippen molar-refractivity contribution in [2.24, 2.45) is 0 Å². The van der Waals surface area contributed by atoms with Crippen LogP contribution in [-0.2, 0) is 16.5 Å². The third-order valence-electron chi connectivity index (χ3n) is 2.88. The number of hydrogen-bond acceptors (Lipinski definition) is 1. The van der Waals surface area contributed by atoms with Gasteiger partial charge in [-0.25, -0.2) is 4.39 Å². The van der Waals surface area contributed by atoms with Crippen molar-refractivity contribution in [3.63, 3.8) is 0 Å². The lowest BCUT2D eigenvalue weighted by Gasteiger charge is -2.16. The molecule has 1 saturated carbocycles. The number of methoxy groups -OCH3 is 1. The molecule has 5 heteroatoms. The highest BCUT2D eigenvalue weighted by Crippen LogP contribution is 2.50. The van der Waals surface area contributed by atoms with Gasteiger partial charge in [-0.3, -0.25) is 0 Å². The van der Waals surface area contributed by atoms with E-state index in [1.54, 1.807) is 0 Å². The molecular formula is C11H10F4O. The zero-order valence-corrected chi connectivity index (χ0v) is 8.57. The molecule has 1 fully saturated rings. The van der Waals surface area contributed by atoms with Crippen LogP contribution in [0.25, 0.3) is 0 Å². The van der Waals surface area contributed by atoms with Crippen molar-refractivity contribution in [2.45, 2.75) is 24.6 Å². The van der Waals surface area contributed by atoms with Crippen molar-refractivity contribution in [1.29, 1.82) is 0 Å². The molecule has 1 aromatic rings. The molecule has 0 atom stereocenters. The molecule has 0 N–H and O–H groups in total. The maximum atomic E-state index is 13.4. The fourth-order valence-electron chi connectivity index (χ4n) is 1.75. The van der Waals surface area contributed by atoms with Gasteiger partial charge in [0.15, 0.2) is 0 Å². The van der Waals surface area contributed by atoms with Crippen molar-refractivity contribution in [3.8, 4) is 0 Å². The lowest BCUT2D eigenvalue weighted by molar-refractivity contribution is -0.137. The Morgan fingerprint density at radius 1 is 1.25 bits per heavy atom. The lowest BCUT2D eigenvalue weighted by atomic mass is 10.0. The quantitative estimate of drug-likeness (QED) is 0.712. The van der Waals surface area contributed by atoms with Crippen LogP contribution in [0, 0.1) is 5.82 Å². The van der Waals surface area contributed by atoms with E-state index in [1.807, 2.05) is 0 Å². The lowest BCUT2D eigenvalue weighted by Crippen LogP contribution is -2.14. The molecule has 0 radical (unpaired) electrons. The number of alkyl halides is 3. The molecule has 0 saturated heterocycles. The summed E-state index contributed by atoms with van der Waals surface area (Å²) in [5, 5.41) is 0. The van der Waals surface area contributed by atoms with Gasteiger partial charge in [-0.05, 0) is 31.0 Å². The molecule has 16 heavy (non-hydrogen) atoms. The number of halogens is 4. The van der Waals surface area contributed by atoms with Crippen LogP contribution in [0.3, 0.4) is 0 Å². The molecule has 0 aromatic heterocycles. The van der Waals surface area contributed by atoms with Gasteiger partial charge in [-0.2, -0.15) is 13.2 Å². The van der Waals surface area contributed by atoms with Gasteiger partial charge >= 0.3 is 6.18 Å². The summed E-state index contributed by atoms with van der Waals surface area (Å²) in [7, 11) is 1.38. The van der Waals surface area contributed by atoms with Crippen LogP contribution in [0.15, 0.2) is 18.2 Å². The van der Waals surface area contributed by atoms with Gasteiger partial charge in [-0.1, -0.05) is 0 Å². The Hall–Kier alpha value is -1.10. The van der Waals surface area contributed by atoms with Gasteiger partial charge in [-0.15, -0.1) is 0 Å². The summed E-state index contributed by atoms with van der Waals surface area (Å²) in [6.45, 7) is 0. The van der Waals surface area contributed by atoms with E-state index in [2.05, 4.69) is 0 Å². The van der Waals surface area contributed by atoms with Gasteiger partial charge in [0, 0.05) is 12.7 Å². The zero-order chi connectivity index (χ0) is 12.0. The topological polar surface area (TPSA) is 9.23 Å². The third kappa shape index (κ3) is 1.80. The van der Waals surface area contributed by atoms with E-state index in [-0.39, 0.29) is 5.56 Å². The maximum absolute atomic E-state index is 13.4. The van der Waals surface area contributed by atoms with Gasteiger partial charge < -0.3 is 4.74 Å². The molecule has 0 unspecified atom stereocenters. The average molecular weight is 234 g/mol. The van der Waals surface area contributed by atoms with Crippen molar-refractivity contribution in [2.75, 3.05) is 7.11 Å². The van der Waals surface area contributed by atoms with Crippen LogP contribution in [-0.4, -0.2) is 7.11 Å². The Morgan fingerprint density at radius 2 is 1.88 bits per heavy atom. The summed E-state index contributed by atoms with van der Waals surface area (Å²) in [5.74, 6) is -0.646. The first-order valence-corrected chi connectivity index (χ1v) is 4.81. The third-order valence-corrected chi connectivity index (χ3v) is 2.88. The normalized spacial score (nSPS) is 18.6. The summed E-state index contributed by atoms with van der Waals surface area (Å²) in [5.41, 5.74) is -1.68. The summed E-state index contributed by atoms with van der Waals surface area (Å²) < 4.78 is 55.9. The van der Waals surface area contributed by atoms with E-state index in [9.17, 15) is 17.6 Å². The fourth-order valence-corrected chi connectivity index (χ4v) is 1.75. The van der Waals surface area contributed by atoms with Crippen LogP contribution in [0.2, 0.25) is 0 Å².